The average Bonchev–Trinajstić information content (AvgIpc) is 3.70. The Balaban J connectivity index is 0.879. The molecule has 0 N–H and O–H groups in total. The van der Waals surface area contributed by atoms with Crippen molar-refractivity contribution in [2.75, 3.05) is 9.80 Å². The molecule has 2 nitrogen and oxygen atoms in total. The summed E-state index contributed by atoms with van der Waals surface area (Å²) in [6.07, 6.45) is 9.33. The number of fused-ring (bicyclic) bond motifs is 14. The van der Waals surface area contributed by atoms with Crippen molar-refractivity contribution in [2.24, 2.45) is 5.92 Å². The van der Waals surface area contributed by atoms with Crippen LogP contribution in [-0.2, 0) is 10.8 Å². The van der Waals surface area contributed by atoms with Gasteiger partial charge < -0.3 is 9.80 Å². The monoisotopic (exact) mass is 920 g/mol. The molecule has 0 amide bonds. The maximum Gasteiger partial charge on any atom is 0.0725 e. The number of hydrogen-bond acceptors (Lipinski definition) is 2. The van der Waals surface area contributed by atoms with Gasteiger partial charge in [0, 0.05) is 39.8 Å². The van der Waals surface area contributed by atoms with E-state index < -0.39 is 5.41 Å². The van der Waals surface area contributed by atoms with E-state index in [1.165, 1.54) is 94.8 Å². The van der Waals surface area contributed by atoms with Crippen molar-refractivity contribution in [3.05, 3.63) is 295 Å². The lowest BCUT2D eigenvalue weighted by Gasteiger charge is -2.51. The number of benzene rings is 10. The predicted molar refractivity (Wildman–Crippen MR) is 301 cm³/mol. The second kappa shape index (κ2) is 16.4. The van der Waals surface area contributed by atoms with Crippen molar-refractivity contribution < 1.29 is 0 Å². The minimum atomic E-state index is -0.524. The van der Waals surface area contributed by atoms with Crippen LogP contribution in [0.15, 0.2) is 267 Å². The number of para-hydroxylation sites is 2. The van der Waals surface area contributed by atoms with Crippen LogP contribution in [0, 0.1) is 5.92 Å². The number of rotatable bonds is 6. The molecular formula is C70H52N2. The smallest absolute Gasteiger partial charge is 0.0725 e. The first-order valence-electron chi connectivity index (χ1n) is 25.4. The van der Waals surface area contributed by atoms with Crippen LogP contribution in [0.2, 0.25) is 0 Å². The first kappa shape index (κ1) is 42.2. The van der Waals surface area contributed by atoms with Gasteiger partial charge in [0.1, 0.15) is 0 Å². The van der Waals surface area contributed by atoms with Crippen molar-refractivity contribution in [3.63, 3.8) is 0 Å². The summed E-state index contributed by atoms with van der Waals surface area (Å²) in [5.41, 5.74) is 24.5. The molecule has 1 spiro atoms. The van der Waals surface area contributed by atoms with Crippen LogP contribution in [0.1, 0.15) is 41.7 Å². The van der Waals surface area contributed by atoms with Gasteiger partial charge in [0.05, 0.1) is 11.5 Å². The van der Waals surface area contributed by atoms with Crippen LogP contribution < -0.4 is 9.80 Å². The molecular weight excluding hydrogens is 869 g/mol. The fraction of sp³-hybridized carbons (Fsp3) is 0.0857. The summed E-state index contributed by atoms with van der Waals surface area (Å²) in [4.78, 5) is 4.91. The molecule has 0 radical (unpaired) electrons. The third-order valence-electron chi connectivity index (χ3n) is 16.4. The molecule has 14 rings (SSSR count). The lowest BCUT2D eigenvalue weighted by molar-refractivity contribution is 0.332. The summed E-state index contributed by atoms with van der Waals surface area (Å²) in [5.74, 6) is 0.265. The summed E-state index contributed by atoms with van der Waals surface area (Å²) in [5, 5.41) is 0. The Hall–Kier alpha value is -8.72. The molecule has 2 unspecified atom stereocenters. The van der Waals surface area contributed by atoms with Gasteiger partial charge in [-0.05, 0) is 144 Å². The quantitative estimate of drug-likeness (QED) is 0.164. The zero-order valence-electron chi connectivity index (χ0n) is 40.5. The first-order chi connectivity index (χ1) is 35.5. The van der Waals surface area contributed by atoms with Gasteiger partial charge in [0.25, 0.3) is 0 Å². The highest BCUT2D eigenvalue weighted by atomic mass is 15.2. The van der Waals surface area contributed by atoms with Gasteiger partial charge in [-0.15, -0.1) is 0 Å². The molecule has 0 saturated heterocycles. The van der Waals surface area contributed by atoms with Crippen LogP contribution in [-0.4, -0.2) is 6.04 Å². The van der Waals surface area contributed by atoms with E-state index in [0.717, 1.165) is 17.1 Å². The van der Waals surface area contributed by atoms with Gasteiger partial charge in [0.2, 0.25) is 0 Å². The fourth-order valence-electron chi connectivity index (χ4n) is 13.1. The molecule has 342 valence electrons. The number of anilines is 5. The van der Waals surface area contributed by atoms with E-state index in [0.29, 0.717) is 0 Å². The maximum absolute atomic E-state index is 2.59. The molecule has 4 aliphatic rings. The zero-order chi connectivity index (χ0) is 48.0. The summed E-state index contributed by atoms with van der Waals surface area (Å²) >= 11 is 0. The Morgan fingerprint density at radius 2 is 0.819 bits per heavy atom. The molecule has 0 saturated carbocycles. The largest absolute Gasteiger partial charge is 0.334 e. The highest BCUT2D eigenvalue weighted by Gasteiger charge is 2.51. The van der Waals surface area contributed by atoms with Gasteiger partial charge in [0.15, 0.2) is 0 Å². The van der Waals surface area contributed by atoms with E-state index in [-0.39, 0.29) is 17.4 Å². The molecule has 2 atom stereocenters. The highest BCUT2D eigenvalue weighted by molar-refractivity contribution is 6.01. The molecule has 0 bridgehead atoms. The summed E-state index contributed by atoms with van der Waals surface area (Å²) in [6, 6.07) is 90.6. The van der Waals surface area contributed by atoms with Crippen LogP contribution in [0.3, 0.4) is 0 Å². The van der Waals surface area contributed by atoms with E-state index in [1.807, 2.05) is 0 Å². The normalized spacial score (nSPS) is 16.8. The average molecular weight is 921 g/mol. The van der Waals surface area contributed by atoms with E-state index >= 15 is 0 Å². The van der Waals surface area contributed by atoms with Gasteiger partial charge in [-0.3, -0.25) is 0 Å². The number of allylic oxidation sites excluding steroid dienone is 2. The van der Waals surface area contributed by atoms with Crippen LogP contribution in [0.5, 0.6) is 0 Å². The van der Waals surface area contributed by atoms with Crippen LogP contribution in [0.25, 0.3) is 55.6 Å². The van der Waals surface area contributed by atoms with Gasteiger partial charge >= 0.3 is 0 Å². The topological polar surface area (TPSA) is 6.48 Å². The van der Waals surface area contributed by atoms with E-state index in [2.05, 4.69) is 291 Å². The lowest BCUT2D eigenvalue weighted by Crippen LogP contribution is -2.49. The molecule has 0 aromatic heterocycles. The molecule has 10 aromatic rings. The Morgan fingerprint density at radius 3 is 1.43 bits per heavy atom. The highest BCUT2D eigenvalue weighted by Crippen LogP contribution is 2.63. The van der Waals surface area contributed by atoms with Crippen molar-refractivity contribution in [2.45, 2.75) is 30.7 Å². The van der Waals surface area contributed by atoms with E-state index in [9.17, 15) is 0 Å². The summed E-state index contributed by atoms with van der Waals surface area (Å²) < 4.78 is 0. The fourth-order valence-corrected chi connectivity index (χ4v) is 13.1. The van der Waals surface area contributed by atoms with Crippen LogP contribution >= 0.6 is 0 Å². The van der Waals surface area contributed by atoms with Gasteiger partial charge in [-0.25, -0.2) is 0 Å². The Labute approximate surface area is 423 Å². The third kappa shape index (κ3) is 6.22. The Morgan fingerprint density at radius 1 is 0.361 bits per heavy atom. The number of nitrogens with zero attached hydrogens (tertiary/aromatic N) is 2. The SMILES string of the molecule is CC1(C)c2cc(-c3cccc4c3-c3ccccc3C43c4ccccc4-c4ccccc4-c4ccccc43)ccc2N(c2ccc(-c3ccc(N(c4ccccc4)c4ccccc4)cc3)cc2)C2C=CC=CC21. The minimum absolute atomic E-state index is 0.148. The van der Waals surface area contributed by atoms with Gasteiger partial charge in [-0.1, -0.05) is 220 Å². The van der Waals surface area contributed by atoms with Crippen molar-refractivity contribution in [3.8, 4) is 55.6 Å². The lowest BCUT2D eigenvalue weighted by atomic mass is 9.64. The molecule has 1 heterocycles. The standard InChI is InChI=1S/C70H52N2/c1-69(2)63-33-17-18-35-66(63)72(53-43-38-48(39-44-53)47-36-41-52(42-37-47)71(50-20-5-3-6-21-50)51-22-7-4-8-23-51)67-45-40-49(46-65(67)69)54-29-19-34-64-68(54)59-28-13-16-32-62(59)70(64)60-30-14-11-26-57(60)55-24-9-10-25-56(55)58-27-12-15-31-61(58)70/h3-46,63,66H,1-2H3. The molecule has 72 heavy (non-hydrogen) atoms. The maximum atomic E-state index is 2.59. The van der Waals surface area contributed by atoms with E-state index in [4.69, 9.17) is 0 Å². The van der Waals surface area contributed by atoms with Crippen molar-refractivity contribution >= 4 is 28.4 Å². The first-order valence-corrected chi connectivity index (χ1v) is 25.4. The molecule has 0 fully saturated rings. The molecule has 2 heteroatoms. The Kier molecular flexibility index (Phi) is 9.63. The molecule has 3 aliphatic carbocycles. The second-order valence-corrected chi connectivity index (χ2v) is 20.4. The van der Waals surface area contributed by atoms with E-state index in [1.54, 1.807) is 0 Å². The minimum Gasteiger partial charge on any atom is -0.334 e. The number of hydrogen-bond donors (Lipinski definition) is 0. The third-order valence-corrected chi connectivity index (χ3v) is 16.4. The van der Waals surface area contributed by atoms with Gasteiger partial charge in [-0.2, -0.15) is 0 Å². The van der Waals surface area contributed by atoms with Crippen molar-refractivity contribution in [1.82, 2.24) is 0 Å². The molecule has 1 aliphatic heterocycles. The summed E-state index contributed by atoms with van der Waals surface area (Å²) in [6.45, 7) is 4.91. The zero-order valence-corrected chi connectivity index (χ0v) is 40.5. The second-order valence-electron chi connectivity index (χ2n) is 20.4. The van der Waals surface area contributed by atoms with Crippen LogP contribution in [0.4, 0.5) is 28.4 Å². The predicted octanol–water partition coefficient (Wildman–Crippen LogP) is 18.0. The summed E-state index contributed by atoms with van der Waals surface area (Å²) in [7, 11) is 0. The molecule has 10 aromatic carbocycles. The van der Waals surface area contributed by atoms with Crippen molar-refractivity contribution in [1.29, 1.82) is 0 Å². The Bertz CT molecular complexity index is 3680.